The zero-order valence-electron chi connectivity index (χ0n) is 13.8. The van der Waals surface area contributed by atoms with E-state index >= 15 is 0 Å². The largest absolute Gasteiger partial charge is 0.478 e. The molecular weight excluding hydrogens is 288 g/mol. The number of anilines is 2. The van der Waals surface area contributed by atoms with Crippen LogP contribution < -0.4 is 15.4 Å². The van der Waals surface area contributed by atoms with Gasteiger partial charge >= 0.3 is 0 Å². The molecule has 0 aromatic heterocycles. The van der Waals surface area contributed by atoms with Crippen LogP contribution in [0, 0.1) is 13.8 Å². The predicted octanol–water partition coefficient (Wildman–Crippen LogP) is 3.24. The van der Waals surface area contributed by atoms with E-state index in [0.717, 1.165) is 17.0 Å². The SMILES string of the molecule is CCN1C(=O)C(Cc2ccc(C)cc2C)Oc2ccc(N)cc21. The second-order valence-corrected chi connectivity index (χ2v) is 6.05. The van der Waals surface area contributed by atoms with E-state index in [0.29, 0.717) is 18.7 Å². The Hall–Kier alpha value is -2.49. The third-order valence-corrected chi connectivity index (χ3v) is 4.30. The van der Waals surface area contributed by atoms with Crippen molar-refractivity contribution in [2.45, 2.75) is 33.3 Å². The molecule has 0 spiro atoms. The lowest BCUT2D eigenvalue weighted by molar-refractivity contribution is -0.126. The standard InChI is InChI=1S/C19H22N2O2/c1-4-21-16-11-15(20)7-8-17(16)23-18(19(21)22)10-14-6-5-12(2)9-13(14)3/h5-9,11,18H,4,10,20H2,1-3H3. The van der Waals surface area contributed by atoms with E-state index in [1.807, 2.05) is 13.0 Å². The first-order valence-electron chi connectivity index (χ1n) is 7.93. The number of aryl methyl sites for hydroxylation is 2. The number of nitrogens with two attached hydrogens (primary N) is 1. The van der Waals surface area contributed by atoms with Gasteiger partial charge in [-0.25, -0.2) is 0 Å². The fourth-order valence-electron chi connectivity index (χ4n) is 3.07. The normalized spacial score (nSPS) is 16.9. The summed E-state index contributed by atoms with van der Waals surface area (Å²) < 4.78 is 5.97. The van der Waals surface area contributed by atoms with Gasteiger partial charge in [0.15, 0.2) is 6.10 Å². The molecule has 2 aromatic rings. The minimum atomic E-state index is -0.493. The topological polar surface area (TPSA) is 55.6 Å². The van der Waals surface area contributed by atoms with Gasteiger partial charge in [0.25, 0.3) is 5.91 Å². The average molecular weight is 310 g/mol. The van der Waals surface area contributed by atoms with Crippen LogP contribution in [-0.2, 0) is 11.2 Å². The van der Waals surface area contributed by atoms with Gasteiger partial charge in [-0.2, -0.15) is 0 Å². The van der Waals surface area contributed by atoms with E-state index in [9.17, 15) is 4.79 Å². The van der Waals surface area contributed by atoms with Gasteiger partial charge < -0.3 is 15.4 Å². The molecule has 1 unspecified atom stereocenters. The molecule has 1 amide bonds. The van der Waals surface area contributed by atoms with Crippen molar-refractivity contribution in [3.05, 3.63) is 53.1 Å². The van der Waals surface area contributed by atoms with Crippen LogP contribution in [0.15, 0.2) is 36.4 Å². The molecule has 0 saturated carbocycles. The van der Waals surface area contributed by atoms with E-state index in [-0.39, 0.29) is 5.91 Å². The number of nitrogens with zero attached hydrogens (tertiary/aromatic N) is 1. The number of fused-ring (bicyclic) bond motifs is 1. The molecule has 2 N–H and O–H groups in total. The van der Waals surface area contributed by atoms with Crippen LogP contribution in [-0.4, -0.2) is 18.6 Å². The van der Waals surface area contributed by atoms with Gasteiger partial charge in [0.2, 0.25) is 0 Å². The summed E-state index contributed by atoms with van der Waals surface area (Å²) in [4.78, 5) is 14.5. The number of nitrogen functional groups attached to an aromatic ring is 1. The molecule has 4 heteroatoms. The Balaban J connectivity index is 1.92. The van der Waals surface area contributed by atoms with Crippen LogP contribution in [0.1, 0.15) is 23.6 Å². The highest BCUT2D eigenvalue weighted by molar-refractivity contribution is 6.00. The molecule has 0 aliphatic carbocycles. The molecule has 4 nitrogen and oxygen atoms in total. The van der Waals surface area contributed by atoms with Crippen molar-refractivity contribution >= 4 is 17.3 Å². The number of carbonyl (C=O) groups is 1. The summed E-state index contributed by atoms with van der Waals surface area (Å²) >= 11 is 0. The molecule has 0 bridgehead atoms. The number of ether oxygens (including phenoxy) is 1. The van der Waals surface area contributed by atoms with Gasteiger partial charge in [-0.05, 0) is 50.1 Å². The summed E-state index contributed by atoms with van der Waals surface area (Å²) in [5.41, 5.74) is 10.8. The van der Waals surface area contributed by atoms with Gasteiger partial charge in [0.1, 0.15) is 5.75 Å². The van der Waals surface area contributed by atoms with Crippen molar-refractivity contribution in [2.75, 3.05) is 17.2 Å². The van der Waals surface area contributed by atoms with Gasteiger partial charge in [-0.1, -0.05) is 23.8 Å². The van der Waals surface area contributed by atoms with E-state index in [2.05, 4.69) is 32.0 Å². The van der Waals surface area contributed by atoms with Gasteiger partial charge in [0, 0.05) is 18.7 Å². The van der Waals surface area contributed by atoms with E-state index in [1.165, 1.54) is 11.1 Å². The molecule has 2 aromatic carbocycles. The highest BCUT2D eigenvalue weighted by atomic mass is 16.5. The van der Waals surface area contributed by atoms with Crippen molar-refractivity contribution in [1.29, 1.82) is 0 Å². The van der Waals surface area contributed by atoms with Crippen molar-refractivity contribution in [3.63, 3.8) is 0 Å². The second kappa shape index (κ2) is 5.95. The number of hydrogen-bond donors (Lipinski definition) is 1. The molecule has 1 heterocycles. The Morgan fingerprint density at radius 3 is 2.65 bits per heavy atom. The maximum absolute atomic E-state index is 12.8. The highest BCUT2D eigenvalue weighted by Gasteiger charge is 2.33. The fraction of sp³-hybridized carbons (Fsp3) is 0.316. The molecule has 1 aliphatic rings. The van der Waals surface area contributed by atoms with E-state index in [4.69, 9.17) is 10.5 Å². The summed E-state index contributed by atoms with van der Waals surface area (Å²) in [7, 11) is 0. The maximum atomic E-state index is 12.8. The Labute approximate surface area is 136 Å². The molecule has 120 valence electrons. The Morgan fingerprint density at radius 1 is 1.17 bits per heavy atom. The van der Waals surface area contributed by atoms with Gasteiger partial charge in [0.05, 0.1) is 5.69 Å². The third kappa shape index (κ3) is 2.89. The number of rotatable bonds is 3. The van der Waals surface area contributed by atoms with Gasteiger partial charge in [-0.15, -0.1) is 0 Å². The number of benzene rings is 2. The number of hydrogen-bond acceptors (Lipinski definition) is 3. The van der Waals surface area contributed by atoms with Crippen molar-refractivity contribution in [1.82, 2.24) is 0 Å². The first-order valence-corrected chi connectivity index (χ1v) is 7.93. The van der Waals surface area contributed by atoms with Crippen LogP contribution in [0.3, 0.4) is 0 Å². The molecule has 1 atom stereocenters. The molecule has 0 radical (unpaired) electrons. The first kappa shape index (κ1) is 15.4. The number of likely N-dealkylation sites (N-methyl/N-ethyl adjacent to an activating group) is 1. The lowest BCUT2D eigenvalue weighted by Crippen LogP contribution is -2.47. The van der Waals surface area contributed by atoms with Crippen molar-refractivity contribution in [2.24, 2.45) is 0 Å². The smallest absolute Gasteiger partial charge is 0.268 e. The number of amides is 1. The van der Waals surface area contributed by atoms with E-state index in [1.54, 1.807) is 17.0 Å². The van der Waals surface area contributed by atoms with Crippen LogP contribution in [0.25, 0.3) is 0 Å². The summed E-state index contributed by atoms with van der Waals surface area (Å²) in [5.74, 6) is 0.709. The van der Waals surface area contributed by atoms with Crippen molar-refractivity contribution < 1.29 is 9.53 Å². The lowest BCUT2D eigenvalue weighted by atomic mass is 9.99. The second-order valence-electron chi connectivity index (χ2n) is 6.05. The van der Waals surface area contributed by atoms with Crippen molar-refractivity contribution in [3.8, 4) is 5.75 Å². The Morgan fingerprint density at radius 2 is 1.96 bits per heavy atom. The quantitative estimate of drug-likeness (QED) is 0.885. The summed E-state index contributed by atoms with van der Waals surface area (Å²) in [6.45, 7) is 6.70. The summed E-state index contributed by atoms with van der Waals surface area (Å²) in [6.07, 6.45) is 0.0816. The van der Waals surface area contributed by atoms with Crippen LogP contribution >= 0.6 is 0 Å². The van der Waals surface area contributed by atoms with Crippen LogP contribution in [0.2, 0.25) is 0 Å². The van der Waals surface area contributed by atoms with Crippen LogP contribution in [0.5, 0.6) is 5.75 Å². The molecular formula is C19H22N2O2. The monoisotopic (exact) mass is 310 g/mol. The van der Waals surface area contributed by atoms with Crippen LogP contribution in [0.4, 0.5) is 11.4 Å². The summed E-state index contributed by atoms with van der Waals surface area (Å²) in [6, 6.07) is 11.7. The highest BCUT2D eigenvalue weighted by Crippen LogP contribution is 2.36. The number of carbonyl (C=O) groups excluding carboxylic acids is 1. The Kier molecular flexibility index (Phi) is 3.99. The minimum Gasteiger partial charge on any atom is -0.478 e. The summed E-state index contributed by atoms with van der Waals surface area (Å²) in [5, 5.41) is 0. The first-order chi connectivity index (χ1) is 11.0. The predicted molar refractivity (Wildman–Crippen MR) is 92.9 cm³/mol. The molecule has 23 heavy (non-hydrogen) atoms. The fourth-order valence-corrected chi connectivity index (χ4v) is 3.07. The van der Waals surface area contributed by atoms with E-state index < -0.39 is 6.10 Å². The molecule has 0 fully saturated rings. The molecule has 1 aliphatic heterocycles. The van der Waals surface area contributed by atoms with Gasteiger partial charge in [-0.3, -0.25) is 4.79 Å². The third-order valence-electron chi connectivity index (χ3n) is 4.30. The lowest BCUT2D eigenvalue weighted by Gasteiger charge is -2.34. The maximum Gasteiger partial charge on any atom is 0.268 e. The zero-order valence-corrected chi connectivity index (χ0v) is 13.8. The molecule has 0 saturated heterocycles. The molecule has 3 rings (SSSR count). The average Bonchev–Trinajstić information content (AvgIpc) is 2.51. The Bertz CT molecular complexity index is 755. The zero-order chi connectivity index (χ0) is 16.6. The minimum absolute atomic E-state index is 0.00873.